The van der Waals surface area contributed by atoms with Gasteiger partial charge in [0, 0.05) is 9.75 Å². The molecule has 1 aromatic heterocycles. The minimum absolute atomic E-state index is 0.625. The summed E-state index contributed by atoms with van der Waals surface area (Å²) >= 11 is 1.78. The number of hydrogen-bond acceptors (Lipinski definition) is 1. The van der Waals surface area contributed by atoms with E-state index in [1.54, 1.807) is 11.3 Å². The van der Waals surface area contributed by atoms with Crippen molar-refractivity contribution in [2.45, 2.75) is 13.3 Å². The summed E-state index contributed by atoms with van der Waals surface area (Å²) in [4.78, 5) is 5.96. The quantitative estimate of drug-likeness (QED) is 0.572. The maximum atomic E-state index is 6.59. The molecule has 1 rings (SSSR count). The number of aryl methyl sites for hydroxylation is 1. The minimum Gasteiger partial charge on any atom is -0.317 e. The first kappa shape index (κ1) is 7.30. The van der Waals surface area contributed by atoms with Crippen molar-refractivity contribution in [2.75, 3.05) is 6.54 Å². The average Bonchev–Trinajstić information content (AvgIpc) is 2.31. The highest BCUT2D eigenvalue weighted by Crippen LogP contribution is 2.15. The van der Waals surface area contributed by atoms with Crippen molar-refractivity contribution in [1.29, 1.82) is 0 Å². The van der Waals surface area contributed by atoms with Crippen LogP contribution in [0.3, 0.4) is 0 Å². The molecule has 0 bridgehead atoms. The summed E-state index contributed by atoms with van der Waals surface area (Å²) in [5.74, 6) is 0. The van der Waals surface area contributed by atoms with E-state index in [1.807, 2.05) is 0 Å². The van der Waals surface area contributed by atoms with Crippen LogP contribution in [0, 0.1) is 13.5 Å². The van der Waals surface area contributed by atoms with Crippen molar-refractivity contribution in [3.05, 3.63) is 33.3 Å². The Labute approximate surface area is 65.1 Å². The lowest BCUT2D eigenvalue weighted by Crippen LogP contribution is -1.80. The van der Waals surface area contributed by atoms with E-state index in [4.69, 9.17) is 6.57 Å². The van der Waals surface area contributed by atoms with Crippen LogP contribution in [0.1, 0.15) is 9.75 Å². The number of hydrogen-bond donors (Lipinski definition) is 0. The van der Waals surface area contributed by atoms with Gasteiger partial charge in [-0.2, -0.15) is 0 Å². The monoisotopic (exact) mass is 151 g/mol. The zero-order valence-electron chi connectivity index (χ0n) is 5.92. The van der Waals surface area contributed by atoms with Crippen LogP contribution < -0.4 is 0 Å². The fourth-order valence-electron chi connectivity index (χ4n) is 0.786. The van der Waals surface area contributed by atoms with Gasteiger partial charge in [-0.05, 0) is 19.1 Å². The fraction of sp³-hybridized carbons (Fsp3) is 0.375. The van der Waals surface area contributed by atoms with Crippen LogP contribution in [0.4, 0.5) is 0 Å². The Bertz CT molecular complexity index is 244. The second-order valence-electron chi connectivity index (χ2n) is 2.14. The molecule has 0 amide bonds. The molecule has 0 radical (unpaired) electrons. The molecule has 0 spiro atoms. The second kappa shape index (κ2) is 3.38. The molecule has 0 aliphatic carbocycles. The normalized spacial score (nSPS) is 9.20. The molecule has 0 atom stereocenters. The topological polar surface area (TPSA) is 4.36 Å². The van der Waals surface area contributed by atoms with Crippen molar-refractivity contribution in [1.82, 2.24) is 0 Å². The Morgan fingerprint density at radius 1 is 1.60 bits per heavy atom. The summed E-state index contributed by atoms with van der Waals surface area (Å²) in [6.45, 7) is 9.30. The van der Waals surface area contributed by atoms with Crippen molar-refractivity contribution in [2.24, 2.45) is 0 Å². The molecular formula is C8H9NS. The Balaban J connectivity index is 2.52. The zero-order valence-corrected chi connectivity index (χ0v) is 6.74. The van der Waals surface area contributed by atoms with E-state index in [9.17, 15) is 0 Å². The van der Waals surface area contributed by atoms with E-state index in [-0.39, 0.29) is 0 Å². The van der Waals surface area contributed by atoms with E-state index >= 15 is 0 Å². The Morgan fingerprint density at radius 2 is 2.40 bits per heavy atom. The van der Waals surface area contributed by atoms with Crippen LogP contribution in [-0.2, 0) is 6.42 Å². The van der Waals surface area contributed by atoms with E-state index in [2.05, 4.69) is 23.9 Å². The molecule has 0 saturated heterocycles. The van der Waals surface area contributed by atoms with Crippen LogP contribution in [-0.4, -0.2) is 6.54 Å². The highest BCUT2D eigenvalue weighted by molar-refractivity contribution is 7.11. The molecule has 0 aromatic carbocycles. The average molecular weight is 151 g/mol. The molecule has 1 aromatic rings. The Morgan fingerprint density at radius 3 is 2.90 bits per heavy atom. The van der Waals surface area contributed by atoms with Gasteiger partial charge in [0.1, 0.15) is 0 Å². The van der Waals surface area contributed by atoms with E-state index in [0.717, 1.165) is 6.42 Å². The SMILES string of the molecule is [C-]#[N+]CCc1ccc(C)s1. The molecule has 0 saturated carbocycles. The van der Waals surface area contributed by atoms with Gasteiger partial charge in [0.05, 0.1) is 6.42 Å². The van der Waals surface area contributed by atoms with Gasteiger partial charge in [-0.15, -0.1) is 11.3 Å². The van der Waals surface area contributed by atoms with Crippen molar-refractivity contribution >= 4 is 11.3 Å². The molecule has 1 heterocycles. The summed E-state index contributed by atoms with van der Waals surface area (Å²) in [6, 6.07) is 4.20. The van der Waals surface area contributed by atoms with Crippen molar-refractivity contribution in [3.8, 4) is 0 Å². The lowest BCUT2D eigenvalue weighted by molar-refractivity contribution is 1.11. The first-order valence-electron chi connectivity index (χ1n) is 3.21. The Kier molecular flexibility index (Phi) is 2.47. The van der Waals surface area contributed by atoms with Crippen molar-refractivity contribution < 1.29 is 0 Å². The minimum atomic E-state index is 0.625. The summed E-state index contributed by atoms with van der Waals surface area (Å²) in [5.41, 5.74) is 0. The van der Waals surface area contributed by atoms with Crippen LogP contribution in [0.2, 0.25) is 0 Å². The van der Waals surface area contributed by atoms with Gasteiger partial charge in [-0.3, -0.25) is 0 Å². The van der Waals surface area contributed by atoms with Crippen LogP contribution in [0.25, 0.3) is 4.85 Å². The maximum Gasteiger partial charge on any atom is 0.219 e. The molecule has 0 fully saturated rings. The lowest BCUT2D eigenvalue weighted by Gasteiger charge is -1.83. The van der Waals surface area contributed by atoms with Crippen LogP contribution in [0.15, 0.2) is 12.1 Å². The van der Waals surface area contributed by atoms with Gasteiger partial charge in [-0.25, -0.2) is 6.57 Å². The molecular weight excluding hydrogens is 142 g/mol. The molecule has 52 valence electrons. The molecule has 0 aliphatic heterocycles. The third kappa shape index (κ3) is 1.85. The molecule has 2 heteroatoms. The number of rotatable bonds is 2. The summed E-state index contributed by atoms with van der Waals surface area (Å²) in [5, 5.41) is 0. The summed E-state index contributed by atoms with van der Waals surface area (Å²) in [6.07, 6.45) is 0.919. The van der Waals surface area contributed by atoms with E-state index in [1.165, 1.54) is 9.75 Å². The van der Waals surface area contributed by atoms with E-state index in [0.29, 0.717) is 6.54 Å². The molecule has 10 heavy (non-hydrogen) atoms. The largest absolute Gasteiger partial charge is 0.317 e. The predicted octanol–water partition coefficient (Wildman–Crippen LogP) is 2.52. The zero-order chi connectivity index (χ0) is 7.40. The molecule has 0 N–H and O–H groups in total. The van der Waals surface area contributed by atoms with Crippen LogP contribution >= 0.6 is 11.3 Å². The molecule has 0 unspecified atom stereocenters. The van der Waals surface area contributed by atoms with Gasteiger partial charge in [0.2, 0.25) is 6.54 Å². The first-order chi connectivity index (χ1) is 4.83. The van der Waals surface area contributed by atoms with Gasteiger partial charge >= 0.3 is 0 Å². The Hall–Kier alpha value is -0.810. The smallest absolute Gasteiger partial charge is 0.219 e. The maximum absolute atomic E-state index is 6.59. The molecule has 1 nitrogen and oxygen atoms in total. The summed E-state index contributed by atoms with van der Waals surface area (Å²) < 4.78 is 0. The third-order valence-corrected chi connectivity index (χ3v) is 2.33. The fourth-order valence-corrected chi connectivity index (χ4v) is 1.66. The molecule has 0 aliphatic rings. The van der Waals surface area contributed by atoms with Gasteiger partial charge in [0.15, 0.2) is 0 Å². The van der Waals surface area contributed by atoms with E-state index < -0.39 is 0 Å². The third-order valence-electron chi connectivity index (χ3n) is 1.27. The van der Waals surface area contributed by atoms with Gasteiger partial charge < -0.3 is 4.85 Å². The van der Waals surface area contributed by atoms with Crippen LogP contribution in [0.5, 0.6) is 0 Å². The highest BCUT2D eigenvalue weighted by atomic mass is 32.1. The first-order valence-corrected chi connectivity index (χ1v) is 4.03. The number of nitrogens with zero attached hydrogens (tertiary/aromatic N) is 1. The standard InChI is InChI=1S/C8H9NS/c1-7-3-4-8(10-7)5-6-9-2/h3-4H,5-6H2,1H3. The summed E-state index contributed by atoms with van der Waals surface area (Å²) in [7, 11) is 0. The number of thiophene rings is 1. The predicted molar refractivity (Wildman–Crippen MR) is 44.2 cm³/mol. The van der Waals surface area contributed by atoms with Gasteiger partial charge in [0.25, 0.3) is 0 Å². The van der Waals surface area contributed by atoms with Crippen molar-refractivity contribution in [3.63, 3.8) is 0 Å². The van der Waals surface area contributed by atoms with Gasteiger partial charge in [-0.1, -0.05) is 0 Å². The highest BCUT2D eigenvalue weighted by Gasteiger charge is 1.96. The lowest BCUT2D eigenvalue weighted by atomic mass is 10.3. The second-order valence-corrected chi connectivity index (χ2v) is 3.52.